The molecule has 9 nitrogen and oxygen atoms in total. The number of aliphatic imine (C=N–C) groups is 2. The zero-order valence-electron chi connectivity index (χ0n) is 34.3. The third kappa shape index (κ3) is 16.7. The van der Waals surface area contributed by atoms with Gasteiger partial charge in [-0.2, -0.15) is 0 Å². The highest BCUT2D eigenvalue weighted by atomic mass is 16.5. The monoisotopic (exact) mass is 758 g/mol. The van der Waals surface area contributed by atoms with Crippen molar-refractivity contribution < 1.29 is 29.5 Å². The molecule has 0 aliphatic heterocycles. The van der Waals surface area contributed by atoms with Gasteiger partial charge in [0.05, 0.1) is 36.6 Å². The van der Waals surface area contributed by atoms with Crippen LogP contribution in [0.5, 0.6) is 34.5 Å². The van der Waals surface area contributed by atoms with E-state index in [0.29, 0.717) is 60.4 Å². The Labute approximate surface area is 330 Å². The van der Waals surface area contributed by atoms with Crippen LogP contribution in [-0.4, -0.2) is 46.8 Å². The first-order valence-corrected chi connectivity index (χ1v) is 20.3. The van der Waals surface area contributed by atoms with Crippen LogP contribution < -0.4 is 19.9 Å². The van der Waals surface area contributed by atoms with Crippen molar-refractivity contribution in [3.63, 3.8) is 0 Å². The lowest BCUT2D eigenvalue weighted by Gasteiger charge is -2.13. The number of hydrogen-bond acceptors (Lipinski definition) is 7. The Kier molecular flexibility index (Phi) is 19.5. The first kappa shape index (κ1) is 44.7. The van der Waals surface area contributed by atoms with Gasteiger partial charge >= 0.3 is 0 Å². The average molecular weight is 758 g/mol. The number of nitrogens with two attached hydrogens (primary N) is 1. The molecule has 0 amide bonds. The van der Waals surface area contributed by atoms with E-state index >= 15 is 0 Å². The van der Waals surface area contributed by atoms with E-state index in [-0.39, 0.29) is 45.7 Å². The van der Waals surface area contributed by atoms with Crippen molar-refractivity contribution in [2.45, 2.75) is 119 Å². The van der Waals surface area contributed by atoms with Crippen LogP contribution in [0.3, 0.4) is 0 Å². The van der Waals surface area contributed by atoms with Crippen molar-refractivity contribution in [3.05, 3.63) is 77.9 Å². The number of phenols is 3. The minimum absolute atomic E-state index is 0.0301. The predicted octanol–water partition coefficient (Wildman–Crippen LogP) is 11.4. The van der Waals surface area contributed by atoms with Gasteiger partial charge in [0.25, 0.3) is 0 Å². The second-order valence-electron chi connectivity index (χ2n) is 15.7. The molecule has 0 spiro atoms. The third-order valence-corrected chi connectivity index (χ3v) is 9.29. The van der Waals surface area contributed by atoms with E-state index in [4.69, 9.17) is 19.9 Å². The molecule has 0 saturated heterocycles. The van der Waals surface area contributed by atoms with Crippen LogP contribution in [0.2, 0.25) is 0 Å². The average Bonchev–Trinajstić information content (AvgIpc) is 3.12. The molecule has 0 heterocycles. The minimum Gasteiger partial charge on any atom is -0.507 e. The molecule has 55 heavy (non-hydrogen) atoms. The number of phenolic OH excluding ortho intramolecular Hbond substituents is 3. The molecule has 0 unspecified atom stereocenters. The normalized spacial score (nSPS) is 12.2. The minimum atomic E-state index is -0.122. The summed E-state index contributed by atoms with van der Waals surface area (Å²) < 4.78 is 17.7. The number of nitrogens with zero attached hydrogens (tertiary/aromatic N) is 2. The van der Waals surface area contributed by atoms with Crippen molar-refractivity contribution in [1.82, 2.24) is 0 Å². The van der Waals surface area contributed by atoms with Crippen LogP contribution in [0.25, 0.3) is 5.70 Å². The molecule has 3 aromatic rings. The largest absolute Gasteiger partial charge is 0.507 e. The van der Waals surface area contributed by atoms with E-state index < -0.39 is 0 Å². The number of benzene rings is 3. The van der Waals surface area contributed by atoms with Crippen molar-refractivity contribution in [2.75, 3.05) is 19.8 Å². The van der Waals surface area contributed by atoms with Gasteiger partial charge in [0.2, 0.25) is 0 Å². The molecule has 9 heteroatoms. The Morgan fingerprint density at radius 1 is 0.527 bits per heavy atom. The summed E-state index contributed by atoms with van der Waals surface area (Å²) in [5.74, 6) is 3.37. The van der Waals surface area contributed by atoms with Crippen LogP contribution in [0.15, 0.2) is 71.2 Å². The lowest BCUT2D eigenvalue weighted by molar-refractivity contribution is 0.301. The molecule has 0 radical (unpaired) electrons. The highest BCUT2D eigenvalue weighted by molar-refractivity contribution is 6.14. The zero-order valence-corrected chi connectivity index (χ0v) is 34.3. The molecular formula is C46H67N3O6. The van der Waals surface area contributed by atoms with Gasteiger partial charge in [0.1, 0.15) is 40.3 Å². The van der Waals surface area contributed by atoms with Crippen molar-refractivity contribution >= 4 is 17.4 Å². The SMILES string of the molecule is C=C(N=C(N=C(N)c1ccc(OCCCCCC(C)C)cc1O)c1ccc(OCCCCCC(C)C)cc1O)c1ccc(OCCCCCC(C)C)cc1O. The van der Waals surface area contributed by atoms with E-state index in [0.717, 1.165) is 51.4 Å². The first-order chi connectivity index (χ1) is 26.3. The van der Waals surface area contributed by atoms with Gasteiger partial charge < -0.3 is 35.3 Å². The second kappa shape index (κ2) is 24.0. The summed E-state index contributed by atoms with van der Waals surface area (Å²) in [5, 5.41) is 33.1. The summed E-state index contributed by atoms with van der Waals surface area (Å²) in [5.41, 5.74) is 7.58. The fourth-order valence-electron chi connectivity index (χ4n) is 6.03. The standard InChI is InChI=1S/C46H67N3O6/c1-32(2)17-11-8-14-26-53-36-20-23-39(42(50)29-36)35(7)48-46(41-25-22-38(31-44(41)52)55-28-16-10-13-19-34(5)6)49-45(47)40-24-21-37(30-43(40)51)54-27-15-9-12-18-33(3)4/h20-25,29-34,50-52H,7-19,26-28H2,1-6H3,(H2,47,48,49). The summed E-state index contributed by atoms with van der Waals surface area (Å²) in [4.78, 5) is 9.24. The van der Waals surface area contributed by atoms with Gasteiger partial charge in [0.15, 0.2) is 5.84 Å². The van der Waals surface area contributed by atoms with Gasteiger partial charge in [-0.1, -0.05) is 106 Å². The van der Waals surface area contributed by atoms with E-state index in [1.165, 1.54) is 37.8 Å². The van der Waals surface area contributed by atoms with Crippen LogP contribution in [-0.2, 0) is 0 Å². The number of amidine groups is 2. The van der Waals surface area contributed by atoms with Crippen molar-refractivity contribution in [3.8, 4) is 34.5 Å². The summed E-state index contributed by atoms with van der Waals surface area (Å²) in [7, 11) is 0. The molecule has 0 aliphatic rings. The molecule has 302 valence electrons. The first-order valence-electron chi connectivity index (χ1n) is 20.3. The third-order valence-electron chi connectivity index (χ3n) is 9.29. The topological polar surface area (TPSA) is 139 Å². The Hall–Kier alpha value is -4.66. The number of rotatable bonds is 25. The lowest BCUT2D eigenvalue weighted by atomic mass is 10.1. The lowest BCUT2D eigenvalue weighted by Crippen LogP contribution is -2.17. The van der Waals surface area contributed by atoms with Gasteiger partial charge in [-0.15, -0.1) is 0 Å². The Morgan fingerprint density at radius 2 is 0.891 bits per heavy atom. The molecule has 0 bridgehead atoms. The van der Waals surface area contributed by atoms with Crippen LogP contribution in [0.1, 0.15) is 135 Å². The highest BCUT2D eigenvalue weighted by Crippen LogP contribution is 2.32. The smallest absolute Gasteiger partial charge is 0.165 e. The Balaban J connectivity index is 1.82. The highest BCUT2D eigenvalue weighted by Gasteiger charge is 2.16. The molecule has 3 aromatic carbocycles. The summed E-state index contributed by atoms with van der Waals surface area (Å²) in [6.07, 6.45) is 13.1. The van der Waals surface area contributed by atoms with Crippen molar-refractivity contribution in [1.29, 1.82) is 0 Å². The fourth-order valence-corrected chi connectivity index (χ4v) is 6.03. The Morgan fingerprint density at radius 3 is 1.25 bits per heavy atom. The summed E-state index contributed by atoms with van der Waals surface area (Å²) >= 11 is 0. The molecule has 0 aliphatic carbocycles. The number of ether oxygens (including phenoxy) is 3. The van der Waals surface area contributed by atoms with Crippen LogP contribution in [0.4, 0.5) is 0 Å². The van der Waals surface area contributed by atoms with Gasteiger partial charge in [-0.05, 0) is 73.4 Å². The summed E-state index contributed by atoms with van der Waals surface area (Å²) in [6, 6.07) is 14.8. The molecule has 5 N–H and O–H groups in total. The van der Waals surface area contributed by atoms with Gasteiger partial charge in [-0.3, -0.25) is 0 Å². The molecule has 0 fully saturated rings. The van der Waals surface area contributed by atoms with E-state index in [1.807, 2.05) is 0 Å². The second-order valence-corrected chi connectivity index (χ2v) is 15.7. The molecular weight excluding hydrogens is 691 g/mol. The Bertz CT molecular complexity index is 1680. The predicted molar refractivity (Wildman–Crippen MR) is 227 cm³/mol. The van der Waals surface area contributed by atoms with Crippen LogP contribution in [0, 0.1) is 17.8 Å². The van der Waals surface area contributed by atoms with Gasteiger partial charge in [-0.25, -0.2) is 9.98 Å². The zero-order chi connectivity index (χ0) is 40.2. The molecule has 0 saturated carbocycles. The van der Waals surface area contributed by atoms with Gasteiger partial charge in [0, 0.05) is 23.8 Å². The maximum atomic E-state index is 11.2. The van der Waals surface area contributed by atoms with Crippen molar-refractivity contribution in [2.24, 2.45) is 33.5 Å². The number of hydrogen-bond donors (Lipinski definition) is 4. The number of unbranched alkanes of at least 4 members (excludes halogenated alkanes) is 6. The molecule has 0 atom stereocenters. The maximum absolute atomic E-state index is 11.2. The summed E-state index contributed by atoms with van der Waals surface area (Å²) in [6.45, 7) is 19.1. The quantitative estimate of drug-likeness (QED) is 0.0383. The number of aromatic hydroxyl groups is 3. The van der Waals surface area contributed by atoms with E-state index in [2.05, 4.69) is 58.1 Å². The maximum Gasteiger partial charge on any atom is 0.165 e. The molecule has 3 rings (SSSR count). The fraction of sp³-hybridized carbons (Fsp3) is 0.522. The van der Waals surface area contributed by atoms with E-state index in [1.54, 1.807) is 42.5 Å². The van der Waals surface area contributed by atoms with Crippen LogP contribution >= 0.6 is 0 Å². The molecule has 0 aromatic heterocycles. The van der Waals surface area contributed by atoms with E-state index in [9.17, 15) is 15.3 Å².